The Hall–Kier alpha value is -2.88. The zero-order chi connectivity index (χ0) is 14.9. The molecule has 0 bridgehead atoms. The molecule has 0 N–H and O–H groups in total. The van der Waals surface area contributed by atoms with E-state index in [1.807, 2.05) is 54.4 Å². The van der Waals surface area contributed by atoms with Gasteiger partial charge in [0.25, 0.3) is 0 Å². The Kier molecular flexibility index (Phi) is 3.00. The smallest absolute Gasteiger partial charge is 0.223 e. The van der Waals surface area contributed by atoms with Gasteiger partial charge in [-0.3, -0.25) is 4.90 Å². The molecule has 0 saturated heterocycles. The van der Waals surface area contributed by atoms with Crippen molar-refractivity contribution in [3.63, 3.8) is 0 Å². The summed E-state index contributed by atoms with van der Waals surface area (Å²) in [4.78, 5) is 6.85. The summed E-state index contributed by atoms with van der Waals surface area (Å²) in [6.45, 7) is 2.01. The average Bonchev–Trinajstić information content (AvgIpc) is 2.95. The molecule has 2 aromatic carbocycles. The summed E-state index contributed by atoms with van der Waals surface area (Å²) in [5.41, 5.74) is 3.13. The molecular weight excluding hydrogens is 272 g/mol. The summed E-state index contributed by atoms with van der Waals surface area (Å²) in [5.74, 6) is 0.918. The number of hydrazone groups is 1. The minimum absolute atomic E-state index is 0.150. The lowest BCUT2D eigenvalue weighted by atomic mass is 10.2. The van der Waals surface area contributed by atoms with Crippen LogP contribution >= 0.6 is 0 Å². The first-order valence-corrected chi connectivity index (χ1v) is 7.32. The van der Waals surface area contributed by atoms with Gasteiger partial charge in [0.1, 0.15) is 0 Å². The lowest BCUT2D eigenvalue weighted by Crippen LogP contribution is -2.40. The van der Waals surface area contributed by atoms with Gasteiger partial charge in [-0.25, -0.2) is 10.0 Å². The zero-order valence-corrected chi connectivity index (χ0v) is 12.3. The molecule has 0 spiro atoms. The number of hydrogen-bond acceptors (Lipinski definition) is 4. The molecule has 4 nitrogen and oxygen atoms in total. The monoisotopic (exact) mass is 288 g/mol. The van der Waals surface area contributed by atoms with Crippen LogP contribution in [-0.4, -0.2) is 22.7 Å². The Morgan fingerprint density at radius 1 is 0.909 bits per heavy atom. The average molecular weight is 288 g/mol. The van der Waals surface area contributed by atoms with E-state index >= 15 is 0 Å². The van der Waals surface area contributed by atoms with Gasteiger partial charge in [-0.2, -0.15) is 0 Å². The lowest BCUT2D eigenvalue weighted by molar-refractivity contribution is 0.430. The minimum Gasteiger partial charge on any atom is -0.289 e. The van der Waals surface area contributed by atoms with Crippen molar-refractivity contribution in [1.82, 2.24) is 4.90 Å². The normalized spacial score (nSPS) is 19.8. The van der Waals surface area contributed by atoms with Crippen molar-refractivity contribution >= 4 is 17.2 Å². The van der Waals surface area contributed by atoms with E-state index in [0.717, 1.165) is 22.8 Å². The van der Waals surface area contributed by atoms with E-state index in [9.17, 15) is 0 Å². The van der Waals surface area contributed by atoms with Crippen LogP contribution in [0.4, 0.5) is 5.69 Å². The van der Waals surface area contributed by atoms with Gasteiger partial charge in [0, 0.05) is 17.5 Å². The number of fused-ring (bicyclic) bond motifs is 1. The van der Waals surface area contributed by atoms with E-state index in [2.05, 4.69) is 35.4 Å². The van der Waals surface area contributed by atoms with E-state index in [1.54, 1.807) is 0 Å². The summed E-state index contributed by atoms with van der Waals surface area (Å²) in [6.07, 6.45) is 3.92. The van der Waals surface area contributed by atoms with E-state index in [-0.39, 0.29) is 6.29 Å². The van der Waals surface area contributed by atoms with Crippen LogP contribution < -0.4 is 5.01 Å². The van der Waals surface area contributed by atoms with Crippen LogP contribution in [0.5, 0.6) is 0 Å². The number of para-hydroxylation sites is 1. The molecule has 22 heavy (non-hydrogen) atoms. The van der Waals surface area contributed by atoms with E-state index in [4.69, 9.17) is 10.1 Å². The third-order valence-electron chi connectivity index (χ3n) is 3.76. The summed E-state index contributed by atoms with van der Waals surface area (Å²) in [7, 11) is 0. The van der Waals surface area contributed by atoms with Crippen molar-refractivity contribution in [3.05, 3.63) is 78.5 Å². The maximum Gasteiger partial charge on any atom is 0.223 e. The molecule has 0 radical (unpaired) electrons. The van der Waals surface area contributed by atoms with Crippen LogP contribution in [0, 0.1) is 0 Å². The highest BCUT2D eigenvalue weighted by molar-refractivity contribution is 6.04. The highest BCUT2D eigenvalue weighted by Crippen LogP contribution is 2.29. The van der Waals surface area contributed by atoms with E-state index < -0.39 is 0 Å². The molecule has 4 heteroatoms. The number of amidine groups is 1. The van der Waals surface area contributed by atoms with Gasteiger partial charge in [0.15, 0.2) is 5.84 Å². The molecule has 4 rings (SSSR count). The molecule has 2 aliphatic heterocycles. The van der Waals surface area contributed by atoms with Crippen LogP contribution in [0.1, 0.15) is 12.5 Å². The van der Waals surface area contributed by atoms with Gasteiger partial charge in [0.05, 0.1) is 5.69 Å². The molecule has 0 saturated carbocycles. The second-order valence-electron chi connectivity index (χ2n) is 5.31. The molecule has 1 atom stereocenters. The maximum absolute atomic E-state index is 4.83. The summed E-state index contributed by atoms with van der Waals surface area (Å²) in [6, 6.07) is 20.4. The van der Waals surface area contributed by atoms with Crippen LogP contribution in [0.15, 0.2) is 83.0 Å². The highest BCUT2D eigenvalue weighted by atomic mass is 15.7. The number of anilines is 1. The van der Waals surface area contributed by atoms with Crippen molar-refractivity contribution in [3.8, 4) is 0 Å². The van der Waals surface area contributed by atoms with Gasteiger partial charge in [-0.1, -0.05) is 48.5 Å². The van der Waals surface area contributed by atoms with Gasteiger partial charge in [0.2, 0.25) is 6.29 Å². The predicted octanol–water partition coefficient (Wildman–Crippen LogP) is 3.44. The van der Waals surface area contributed by atoms with Crippen molar-refractivity contribution < 1.29 is 0 Å². The standard InChI is InChI=1S/C18H16N4/c1-14-12-13-21-17(15-8-4-2-5-9-15)20-22(18(21)19-14)16-10-6-3-7-11-16/h2-13,18H,1H3. The summed E-state index contributed by atoms with van der Waals surface area (Å²) < 4.78 is 0. The second kappa shape index (κ2) is 5.15. The molecular formula is C18H16N4. The molecule has 0 aromatic heterocycles. The van der Waals surface area contributed by atoms with Gasteiger partial charge < -0.3 is 0 Å². The molecule has 2 aliphatic rings. The lowest BCUT2D eigenvalue weighted by Gasteiger charge is -2.28. The number of hydrogen-bond donors (Lipinski definition) is 0. The fourth-order valence-electron chi connectivity index (χ4n) is 2.68. The SMILES string of the molecule is CC1=NC2N(C=C1)C(c1ccccc1)=NN2c1ccccc1. The molecule has 1 unspecified atom stereocenters. The molecule has 0 fully saturated rings. The third kappa shape index (κ3) is 2.09. The number of nitrogens with zero attached hydrogens (tertiary/aromatic N) is 4. The van der Waals surface area contributed by atoms with Gasteiger partial charge >= 0.3 is 0 Å². The summed E-state index contributed by atoms with van der Waals surface area (Å²) in [5, 5.41) is 6.79. The Bertz CT molecular complexity index is 762. The maximum atomic E-state index is 4.83. The first kappa shape index (κ1) is 12.8. The molecule has 108 valence electrons. The summed E-state index contributed by atoms with van der Waals surface area (Å²) >= 11 is 0. The van der Waals surface area contributed by atoms with Gasteiger partial charge in [-0.05, 0) is 25.1 Å². The first-order chi connectivity index (χ1) is 10.8. The third-order valence-corrected chi connectivity index (χ3v) is 3.76. The van der Waals surface area contributed by atoms with Crippen LogP contribution in [0.3, 0.4) is 0 Å². The zero-order valence-electron chi connectivity index (χ0n) is 12.3. The van der Waals surface area contributed by atoms with Crippen molar-refractivity contribution in [2.75, 3.05) is 5.01 Å². The molecule has 2 heterocycles. The van der Waals surface area contributed by atoms with E-state index in [1.165, 1.54) is 0 Å². The second-order valence-corrected chi connectivity index (χ2v) is 5.31. The number of aliphatic imine (C=N–C) groups is 1. The number of allylic oxidation sites excluding steroid dienone is 1. The molecule has 2 aromatic rings. The minimum atomic E-state index is -0.150. The highest BCUT2D eigenvalue weighted by Gasteiger charge is 2.35. The fraction of sp³-hybridized carbons (Fsp3) is 0.111. The number of rotatable bonds is 2. The van der Waals surface area contributed by atoms with Crippen LogP contribution in [-0.2, 0) is 0 Å². The van der Waals surface area contributed by atoms with Crippen LogP contribution in [0.2, 0.25) is 0 Å². The quantitative estimate of drug-likeness (QED) is 0.847. The van der Waals surface area contributed by atoms with Crippen molar-refractivity contribution in [2.24, 2.45) is 10.1 Å². The molecule has 0 aliphatic carbocycles. The van der Waals surface area contributed by atoms with Gasteiger partial charge in [-0.15, -0.1) is 5.10 Å². The molecule has 0 amide bonds. The topological polar surface area (TPSA) is 31.2 Å². The fourth-order valence-corrected chi connectivity index (χ4v) is 2.68. The first-order valence-electron chi connectivity index (χ1n) is 7.32. The van der Waals surface area contributed by atoms with Crippen molar-refractivity contribution in [2.45, 2.75) is 13.2 Å². The largest absolute Gasteiger partial charge is 0.289 e. The Labute approximate surface area is 129 Å². The Balaban J connectivity index is 1.81. The predicted molar refractivity (Wildman–Crippen MR) is 89.8 cm³/mol. The van der Waals surface area contributed by atoms with Crippen molar-refractivity contribution in [1.29, 1.82) is 0 Å². The Morgan fingerprint density at radius 2 is 1.59 bits per heavy atom. The van der Waals surface area contributed by atoms with Crippen LogP contribution in [0.25, 0.3) is 0 Å². The Morgan fingerprint density at radius 3 is 2.32 bits per heavy atom. The van der Waals surface area contributed by atoms with E-state index in [0.29, 0.717) is 0 Å². The number of benzene rings is 2.